The number of hydrogen-bond acceptors (Lipinski definition) is 2. The summed E-state index contributed by atoms with van der Waals surface area (Å²) in [5.74, 6) is 0.529. The Morgan fingerprint density at radius 3 is 2.55 bits per heavy atom. The maximum absolute atomic E-state index is 12.6. The summed E-state index contributed by atoms with van der Waals surface area (Å²) in [7, 11) is 0. The predicted molar refractivity (Wildman–Crippen MR) is 86.5 cm³/mol. The standard InChI is InChI=1S/C18H26N2O2/c21-16-11-6-12-20(13-16)18(22)19-17(15-9-4-5-10-15)14-7-2-1-3-8-14/h1-3,7-8,15-17,21H,4-6,9-13H2,(H,19,22). The van der Waals surface area contributed by atoms with Gasteiger partial charge in [-0.15, -0.1) is 0 Å². The Kier molecular flexibility index (Phi) is 4.98. The van der Waals surface area contributed by atoms with E-state index in [2.05, 4.69) is 17.4 Å². The second kappa shape index (κ2) is 7.14. The average molecular weight is 302 g/mol. The molecule has 1 saturated carbocycles. The Morgan fingerprint density at radius 1 is 1.14 bits per heavy atom. The number of carbonyl (C=O) groups excluding carboxylic acids is 1. The van der Waals surface area contributed by atoms with Crippen LogP contribution in [0, 0.1) is 5.92 Å². The normalized spacial score (nSPS) is 24.2. The van der Waals surface area contributed by atoms with Gasteiger partial charge in [0.2, 0.25) is 0 Å². The first-order valence-corrected chi connectivity index (χ1v) is 8.52. The van der Waals surface area contributed by atoms with Crippen molar-refractivity contribution in [2.24, 2.45) is 5.92 Å². The highest BCUT2D eigenvalue weighted by atomic mass is 16.3. The summed E-state index contributed by atoms with van der Waals surface area (Å²) in [5.41, 5.74) is 1.19. The molecule has 4 nitrogen and oxygen atoms in total. The molecule has 2 aliphatic rings. The molecule has 0 aromatic heterocycles. The monoisotopic (exact) mass is 302 g/mol. The number of likely N-dealkylation sites (tertiary alicyclic amines) is 1. The molecular weight excluding hydrogens is 276 g/mol. The smallest absolute Gasteiger partial charge is 0.317 e. The molecule has 2 atom stereocenters. The van der Waals surface area contributed by atoms with E-state index in [9.17, 15) is 9.90 Å². The van der Waals surface area contributed by atoms with Crippen LogP contribution in [-0.4, -0.2) is 35.2 Å². The quantitative estimate of drug-likeness (QED) is 0.901. The molecule has 1 heterocycles. The summed E-state index contributed by atoms with van der Waals surface area (Å²) < 4.78 is 0. The molecule has 1 aliphatic heterocycles. The van der Waals surface area contributed by atoms with Crippen molar-refractivity contribution < 1.29 is 9.90 Å². The van der Waals surface area contributed by atoms with Gasteiger partial charge in [-0.05, 0) is 37.2 Å². The Bertz CT molecular complexity index is 485. The van der Waals surface area contributed by atoms with Gasteiger partial charge in [0.15, 0.2) is 0 Å². The summed E-state index contributed by atoms with van der Waals surface area (Å²) in [5, 5.41) is 13.0. The fourth-order valence-electron chi connectivity index (χ4n) is 3.79. The van der Waals surface area contributed by atoms with E-state index in [4.69, 9.17) is 0 Å². The van der Waals surface area contributed by atoms with Gasteiger partial charge in [-0.3, -0.25) is 0 Å². The number of nitrogens with one attached hydrogen (secondary N) is 1. The molecule has 4 heteroatoms. The van der Waals surface area contributed by atoms with E-state index < -0.39 is 0 Å². The van der Waals surface area contributed by atoms with Gasteiger partial charge in [0.25, 0.3) is 0 Å². The van der Waals surface area contributed by atoms with Crippen molar-refractivity contribution in [1.82, 2.24) is 10.2 Å². The highest BCUT2D eigenvalue weighted by Crippen LogP contribution is 2.35. The fraction of sp³-hybridized carbons (Fsp3) is 0.611. The zero-order chi connectivity index (χ0) is 15.4. The molecule has 2 N–H and O–H groups in total. The van der Waals surface area contributed by atoms with Crippen LogP contribution in [0.2, 0.25) is 0 Å². The molecule has 1 aliphatic carbocycles. The van der Waals surface area contributed by atoms with Crippen LogP contribution < -0.4 is 5.32 Å². The molecule has 1 saturated heterocycles. The van der Waals surface area contributed by atoms with Crippen molar-refractivity contribution in [2.75, 3.05) is 13.1 Å². The van der Waals surface area contributed by atoms with Gasteiger partial charge in [-0.25, -0.2) is 4.79 Å². The van der Waals surface area contributed by atoms with Gasteiger partial charge in [0.1, 0.15) is 0 Å². The van der Waals surface area contributed by atoms with Crippen molar-refractivity contribution in [2.45, 2.75) is 50.7 Å². The van der Waals surface area contributed by atoms with Crippen molar-refractivity contribution >= 4 is 6.03 Å². The van der Waals surface area contributed by atoms with Gasteiger partial charge in [0.05, 0.1) is 12.1 Å². The number of hydrogen-bond donors (Lipinski definition) is 2. The maximum atomic E-state index is 12.6. The van der Waals surface area contributed by atoms with Crippen LogP contribution in [0.25, 0.3) is 0 Å². The molecule has 2 fully saturated rings. The third-order valence-corrected chi connectivity index (χ3v) is 4.99. The number of urea groups is 1. The summed E-state index contributed by atoms with van der Waals surface area (Å²) in [6.45, 7) is 1.20. The number of piperidine rings is 1. The SMILES string of the molecule is O=C(NC(c1ccccc1)C1CCCC1)N1CCCC(O)C1. The number of nitrogens with zero attached hydrogens (tertiary/aromatic N) is 1. The number of aliphatic hydroxyl groups excluding tert-OH is 1. The first-order valence-electron chi connectivity index (χ1n) is 8.52. The Hall–Kier alpha value is -1.55. The third-order valence-electron chi connectivity index (χ3n) is 4.99. The molecule has 2 amide bonds. The summed E-state index contributed by atoms with van der Waals surface area (Å²) in [6, 6.07) is 10.4. The highest BCUT2D eigenvalue weighted by Gasteiger charge is 2.30. The molecule has 3 rings (SSSR count). The molecule has 0 spiro atoms. The zero-order valence-electron chi connectivity index (χ0n) is 13.1. The lowest BCUT2D eigenvalue weighted by Crippen LogP contribution is -2.48. The lowest BCUT2D eigenvalue weighted by atomic mass is 9.91. The number of rotatable bonds is 3. The van der Waals surface area contributed by atoms with Crippen LogP contribution >= 0.6 is 0 Å². The van der Waals surface area contributed by atoms with Crippen LogP contribution in [0.1, 0.15) is 50.1 Å². The lowest BCUT2D eigenvalue weighted by molar-refractivity contribution is 0.0824. The summed E-state index contributed by atoms with van der Waals surface area (Å²) >= 11 is 0. The molecular formula is C18H26N2O2. The van der Waals surface area contributed by atoms with Crippen molar-refractivity contribution in [3.63, 3.8) is 0 Å². The van der Waals surface area contributed by atoms with Gasteiger partial charge in [-0.1, -0.05) is 43.2 Å². The number of β-amino-alcohol motifs (C(OH)–C–C–N with tert-alkyl or cyclic N) is 1. The fourth-order valence-corrected chi connectivity index (χ4v) is 3.79. The van der Waals surface area contributed by atoms with Crippen LogP contribution in [-0.2, 0) is 0 Å². The van der Waals surface area contributed by atoms with E-state index in [1.54, 1.807) is 4.90 Å². The van der Waals surface area contributed by atoms with Gasteiger partial charge in [-0.2, -0.15) is 0 Å². The van der Waals surface area contributed by atoms with Crippen LogP contribution in [0.4, 0.5) is 4.79 Å². The molecule has 1 aromatic rings. The molecule has 0 bridgehead atoms. The number of carbonyl (C=O) groups is 1. The summed E-state index contributed by atoms with van der Waals surface area (Å²) in [4.78, 5) is 14.4. The minimum absolute atomic E-state index is 0.0282. The highest BCUT2D eigenvalue weighted by molar-refractivity contribution is 5.75. The first-order chi connectivity index (χ1) is 10.7. The van der Waals surface area contributed by atoms with E-state index >= 15 is 0 Å². The Labute approximate surface area is 132 Å². The second-order valence-corrected chi connectivity index (χ2v) is 6.62. The Balaban J connectivity index is 1.70. The van der Waals surface area contributed by atoms with Gasteiger partial charge in [0, 0.05) is 13.1 Å². The van der Waals surface area contributed by atoms with Gasteiger partial charge < -0.3 is 15.3 Å². The number of amides is 2. The molecule has 0 radical (unpaired) electrons. The number of benzene rings is 1. The minimum atomic E-state index is -0.374. The van der Waals surface area contributed by atoms with Gasteiger partial charge >= 0.3 is 6.03 Å². The molecule has 120 valence electrons. The maximum Gasteiger partial charge on any atom is 0.317 e. The topological polar surface area (TPSA) is 52.6 Å². The largest absolute Gasteiger partial charge is 0.391 e. The van der Waals surface area contributed by atoms with E-state index in [0.29, 0.717) is 12.5 Å². The van der Waals surface area contributed by atoms with Crippen LogP contribution in [0.15, 0.2) is 30.3 Å². The van der Waals surface area contributed by atoms with Crippen molar-refractivity contribution in [1.29, 1.82) is 0 Å². The Morgan fingerprint density at radius 2 is 1.86 bits per heavy atom. The second-order valence-electron chi connectivity index (χ2n) is 6.62. The third kappa shape index (κ3) is 3.61. The van der Waals surface area contributed by atoms with Crippen LogP contribution in [0.3, 0.4) is 0 Å². The predicted octanol–water partition coefficient (Wildman–Crippen LogP) is 3.08. The molecule has 2 unspecified atom stereocenters. The molecule has 1 aromatic carbocycles. The minimum Gasteiger partial charge on any atom is -0.391 e. The van der Waals surface area contributed by atoms with E-state index in [1.165, 1.54) is 31.2 Å². The first kappa shape index (κ1) is 15.3. The van der Waals surface area contributed by atoms with Crippen molar-refractivity contribution in [3.8, 4) is 0 Å². The lowest BCUT2D eigenvalue weighted by Gasteiger charge is -2.33. The van der Waals surface area contributed by atoms with Crippen molar-refractivity contribution in [3.05, 3.63) is 35.9 Å². The van der Waals surface area contributed by atoms with Crippen LogP contribution in [0.5, 0.6) is 0 Å². The zero-order valence-corrected chi connectivity index (χ0v) is 13.1. The van der Waals surface area contributed by atoms with E-state index in [1.807, 2.05) is 18.2 Å². The number of aliphatic hydroxyl groups is 1. The molecule has 22 heavy (non-hydrogen) atoms. The van der Waals surface area contributed by atoms with E-state index in [0.717, 1.165) is 19.4 Å². The van der Waals surface area contributed by atoms with E-state index in [-0.39, 0.29) is 18.2 Å². The average Bonchev–Trinajstić information content (AvgIpc) is 3.07. The summed E-state index contributed by atoms with van der Waals surface area (Å²) in [6.07, 6.45) is 6.19.